The van der Waals surface area contributed by atoms with E-state index in [2.05, 4.69) is 9.97 Å². The first-order chi connectivity index (χ1) is 4.72. The molecule has 0 radical (unpaired) electrons. The van der Waals surface area contributed by atoms with E-state index in [-0.39, 0.29) is 5.69 Å². The number of carbonyl (C=O) groups is 1. The molecule has 0 fully saturated rings. The summed E-state index contributed by atoms with van der Waals surface area (Å²) in [7, 11) is 0. The average molecular weight is 142 g/mol. The van der Waals surface area contributed by atoms with Crippen LogP contribution in [0.3, 0.4) is 0 Å². The van der Waals surface area contributed by atoms with Crippen LogP contribution >= 0.6 is 0 Å². The first kappa shape index (κ1) is 6.47. The fourth-order valence-electron chi connectivity index (χ4n) is 0.527. The van der Waals surface area contributed by atoms with Gasteiger partial charge in [-0.1, -0.05) is 0 Å². The van der Waals surface area contributed by atoms with E-state index >= 15 is 0 Å². The van der Waals surface area contributed by atoms with E-state index < -0.39 is 11.5 Å². The summed E-state index contributed by atoms with van der Waals surface area (Å²) in [5, 5.41) is 0. The number of aromatic nitrogens is 2. The van der Waals surface area contributed by atoms with E-state index in [1.165, 1.54) is 12.4 Å². The van der Waals surface area contributed by atoms with Crippen LogP contribution in [0.1, 0.15) is 10.5 Å². The second-order valence-electron chi connectivity index (χ2n) is 1.63. The van der Waals surface area contributed by atoms with Gasteiger partial charge >= 0.3 is 0 Å². The van der Waals surface area contributed by atoms with Gasteiger partial charge in [0.05, 0.1) is 0 Å². The highest BCUT2D eigenvalue weighted by Gasteiger charge is 2.04. The molecule has 1 rings (SSSR count). The summed E-state index contributed by atoms with van der Waals surface area (Å²) >= 11 is 0. The molecule has 0 unspecified atom stereocenters. The molecule has 5 heteroatoms. The zero-order valence-corrected chi connectivity index (χ0v) is 5.00. The highest BCUT2D eigenvalue weighted by atomic mass is 16.2. The highest BCUT2D eigenvalue weighted by molar-refractivity contribution is 5.90. The fourth-order valence-corrected chi connectivity index (χ4v) is 0.527. The van der Waals surface area contributed by atoms with Crippen molar-refractivity contribution in [3.63, 3.8) is 0 Å². The van der Waals surface area contributed by atoms with Gasteiger partial charge in [-0.25, -0.2) is 4.98 Å². The quantitative estimate of drug-likeness (QED) is 0.486. The number of nitrogens with two attached hydrogens (primary N) is 1. The molecule has 1 amide bonds. The Kier molecular flexibility index (Phi) is 1.49. The van der Waals surface area contributed by atoms with Crippen LogP contribution in [0.4, 0.5) is 0 Å². The molecule has 0 aliphatic carbocycles. The number of hydrogen-bond donors (Lipinski definition) is 2. The second kappa shape index (κ2) is 2.30. The van der Waals surface area contributed by atoms with Crippen LogP contribution in [-0.4, -0.2) is 15.9 Å². The van der Waals surface area contributed by atoms with Gasteiger partial charge in [0.1, 0.15) is 0 Å². The third-order valence-corrected chi connectivity index (χ3v) is 0.941. The van der Waals surface area contributed by atoms with Crippen molar-refractivity contribution in [1.29, 1.82) is 0 Å². The Balaban J connectivity index is 3.29. The smallest absolute Gasteiger partial charge is 0.279 e. The van der Waals surface area contributed by atoms with Gasteiger partial charge in [0.25, 0.3) is 11.5 Å². The SMILES string of the molecule is [15NH2]C(=O)c1[15n]cc[15nH]c1=O. The number of hydrogen-bond acceptors (Lipinski definition) is 3. The molecule has 0 bridgehead atoms. The summed E-state index contributed by atoms with van der Waals surface area (Å²) in [5.74, 6) is -0.818. The number of nitrogens with zero attached hydrogens (tertiary/aromatic N) is 1. The first-order valence-electron chi connectivity index (χ1n) is 2.55. The van der Waals surface area contributed by atoms with E-state index in [9.17, 15) is 9.59 Å². The summed E-state index contributed by atoms with van der Waals surface area (Å²) in [6.45, 7) is 0. The zero-order chi connectivity index (χ0) is 7.56. The molecule has 0 aliphatic rings. The number of aromatic amines is 1. The lowest BCUT2D eigenvalue weighted by atomic mass is 10.5. The molecule has 0 aliphatic heterocycles. The Labute approximate surface area is 55.9 Å². The van der Waals surface area contributed by atoms with Crippen molar-refractivity contribution in [1.82, 2.24) is 9.97 Å². The molecular formula is C5H5N3O2. The van der Waals surface area contributed by atoms with Crippen LogP contribution in [0.2, 0.25) is 0 Å². The maximum absolute atomic E-state index is 10.6. The van der Waals surface area contributed by atoms with Crippen molar-refractivity contribution >= 4 is 5.91 Å². The number of H-pyrrole nitrogens is 1. The molecule has 5 nitrogen and oxygen atoms in total. The maximum Gasteiger partial charge on any atom is 0.279 e. The van der Waals surface area contributed by atoms with Gasteiger partial charge in [-0.05, 0) is 0 Å². The van der Waals surface area contributed by atoms with Gasteiger partial charge in [-0.3, -0.25) is 9.59 Å². The van der Waals surface area contributed by atoms with E-state index in [1.54, 1.807) is 0 Å². The molecule has 0 atom stereocenters. The van der Waals surface area contributed by atoms with Crippen molar-refractivity contribution in [2.75, 3.05) is 0 Å². The lowest BCUT2D eigenvalue weighted by Gasteiger charge is -1.88. The van der Waals surface area contributed by atoms with Crippen LogP contribution in [-0.2, 0) is 0 Å². The van der Waals surface area contributed by atoms with Crippen LogP contribution in [0.5, 0.6) is 0 Å². The Morgan fingerprint density at radius 3 is 2.80 bits per heavy atom. The van der Waals surface area contributed by atoms with Crippen LogP contribution in [0.25, 0.3) is 0 Å². The lowest BCUT2D eigenvalue weighted by molar-refractivity contribution is 0.0994. The summed E-state index contributed by atoms with van der Waals surface area (Å²) in [4.78, 5) is 26.7. The molecule has 52 valence electrons. The number of amides is 1. The normalized spacial score (nSPS) is 9.20. The fraction of sp³-hybridized carbons (Fsp3) is 0. The third-order valence-electron chi connectivity index (χ3n) is 0.941. The Morgan fingerprint density at radius 2 is 2.40 bits per heavy atom. The molecule has 0 saturated carbocycles. The largest absolute Gasteiger partial charge is 0.364 e. The molecule has 0 saturated heterocycles. The number of rotatable bonds is 1. The van der Waals surface area contributed by atoms with E-state index in [0.717, 1.165) is 0 Å². The zero-order valence-electron chi connectivity index (χ0n) is 5.00. The predicted octanol–water partition coefficient (Wildman–Crippen LogP) is -1.13. The van der Waals surface area contributed by atoms with Gasteiger partial charge < -0.3 is 10.7 Å². The topological polar surface area (TPSA) is 88.8 Å². The van der Waals surface area contributed by atoms with Gasteiger partial charge in [-0.2, -0.15) is 0 Å². The summed E-state index contributed by atoms with van der Waals surface area (Å²) in [6.07, 6.45) is 2.62. The monoisotopic (exact) mass is 142 g/mol. The maximum atomic E-state index is 10.6. The van der Waals surface area contributed by atoms with E-state index in [1.807, 2.05) is 0 Å². The lowest BCUT2D eigenvalue weighted by Crippen LogP contribution is -2.24. The summed E-state index contributed by atoms with van der Waals surface area (Å²) < 4.78 is 0. The van der Waals surface area contributed by atoms with Crippen molar-refractivity contribution in [2.24, 2.45) is 5.73 Å². The average Bonchev–Trinajstić information content (AvgIpc) is 1.88. The summed E-state index contributed by atoms with van der Waals surface area (Å²) in [6, 6.07) is 0. The van der Waals surface area contributed by atoms with Gasteiger partial charge in [0.15, 0.2) is 5.69 Å². The molecular weight excluding hydrogens is 137 g/mol. The minimum atomic E-state index is -0.818. The second-order valence-corrected chi connectivity index (χ2v) is 1.63. The number of primary amides is 1. The number of nitrogens with one attached hydrogen (secondary N) is 1. The highest BCUT2D eigenvalue weighted by Crippen LogP contribution is 1.77. The van der Waals surface area contributed by atoms with Gasteiger partial charge in [-0.15, -0.1) is 0 Å². The van der Waals surface area contributed by atoms with Crippen LogP contribution in [0.15, 0.2) is 17.2 Å². The summed E-state index contributed by atoms with van der Waals surface area (Å²) in [5.41, 5.74) is 3.97. The van der Waals surface area contributed by atoms with Crippen molar-refractivity contribution in [2.45, 2.75) is 0 Å². The molecule has 0 aromatic carbocycles. The molecule has 10 heavy (non-hydrogen) atoms. The van der Waals surface area contributed by atoms with Crippen molar-refractivity contribution < 1.29 is 4.79 Å². The van der Waals surface area contributed by atoms with E-state index in [0.29, 0.717) is 0 Å². The predicted molar refractivity (Wildman–Crippen MR) is 33.4 cm³/mol. The Morgan fingerprint density at radius 1 is 1.70 bits per heavy atom. The molecule has 3 N–H and O–H groups in total. The molecule has 0 spiro atoms. The first-order valence-corrected chi connectivity index (χ1v) is 2.55. The van der Waals surface area contributed by atoms with Crippen LogP contribution in [0, 0.1) is 0 Å². The standard InChI is InChI=1S/C5H5N3O2/c6-4(9)3-5(10)8-2-1-7-3/h1-2H,(H2,6,9)(H,8,10)/i6+1,7+1,8+1. The minimum absolute atomic E-state index is 0.262. The van der Waals surface area contributed by atoms with Crippen LogP contribution < -0.4 is 11.3 Å². The van der Waals surface area contributed by atoms with Gasteiger partial charge in [0, 0.05) is 12.4 Å². The van der Waals surface area contributed by atoms with Crippen molar-refractivity contribution in [3.05, 3.63) is 28.4 Å². The minimum Gasteiger partial charge on any atom is -0.364 e. The Hall–Kier alpha value is -1.65. The Bertz CT molecular complexity index is 304. The molecule has 1 aromatic heterocycles. The molecule has 1 heterocycles. The third kappa shape index (κ3) is 1.02. The van der Waals surface area contributed by atoms with E-state index in [4.69, 9.17) is 5.73 Å². The van der Waals surface area contributed by atoms with Gasteiger partial charge in [0.2, 0.25) is 0 Å². The molecule has 1 aromatic rings. The van der Waals surface area contributed by atoms with Crippen molar-refractivity contribution in [3.8, 4) is 0 Å². The number of carbonyl (C=O) groups excluding carboxylic acids is 1.